The monoisotopic (exact) mass is 270 g/mol. The summed E-state index contributed by atoms with van der Waals surface area (Å²) in [5.74, 6) is 0. The maximum absolute atomic E-state index is 5.32. The second kappa shape index (κ2) is 6.34. The van der Waals surface area contributed by atoms with Crippen LogP contribution in [0, 0.1) is 6.92 Å². The molecule has 2 rings (SSSR count). The minimum atomic E-state index is 0.185. The molecule has 0 saturated heterocycles. The fourth-order valence-corrected chi connectivity index (χ4v) is 2.12. The van der Waals surface area contributed by atoms with Crippen molar-refractivity contribution in [2.45, 2.75) is 19.9 Å². The van der Waals surface area contributed by atoms with Crippen LogP contribution >= 0.6 is 12.2 Å². The lowest BCUT2D eigenvalue weighted by Gasteiger charge is -2.17. The van der Waals surface area contributed by atoms with E-state index in [1.165, 1.54) is 11.1 Å². The topological polar surface area (TPSA) is 24.1 Å². The summed E-state index contributed by atoms with van der Waals surface area (Å²) in [6, 6.07) is 18.6. The molecule has 98 valence electrons. The lowest BCUT2D eigenvalue weighted by molar-refractivity contribution is 0.722. The molecule has 0 fully saturated rings. The molecular weight excluding hydrogens is 252 g/mol. The first-order valence-corrected chi connectivity index (χ1v) is 6.75. The fraction of sp³-hybridized carbons (Fsp3) is 0.188. The van der Waals surface area contributed by atoms with Gasteiger partial charge in [-0.05, 0) is 43.8 Å². The second-order valence-corrected chi connectivity index (χ2v) is 5.01. The Kier molecular flexibility index (Phi) is 4.53. The van der Waals surface area contributed by atoms with Crippen LogP contribution in [-0.2, 0) is 0 Å². The Hall–Kier alpha value is -1.87. The molecule has 0 aliphatic rings. The van der Waals surface area contributed by atoms with Gasteiger partial charge in [-0.3, -0.25) is 0 Å². The molecule has 0 spiro atoms. The third-order valence-electron chi connectivity index (χ3n) is 2.96. The molecule has 0 aliphatic heterocycles. The summed E-state index contributed by atoms with van der Waals surface area (Å²) in [5.41, 5.74) is 3.49. The number of nitrogens with one attached hydrogen (secondary N) is 2. The van der Waals surface area contributed by atoms with Crippen molar-refractivity contribution < 1.29 is 0 Å². The molecule has 0 amide bonds. The van der Waals surface area contributed by atoms with E-state index in [1.807, 2.05) is 30.3 Å². The standard InChI is InChI=1S/C16H18N2S/c1-12-8-10-14(11-9-12)13(2)17-16(19)18-15-6-4-3-5-7-15/h3-11,13H,1-2H3,(H2,17,18,19)/t13-/m1/s1. The van der Waals surface area contributed by atoms with Gasteiger partial charge < -0.3 is 10.6 Å². The van der Waals surface area contributed by atoms with Crippen molar-refractivity contribution in [1.82, 2.24) is 5.32 Å². The number of hydrogen-bond donors (Lipinski definition) is 2. The van der Waals surface area contributed by atoms with E-state index in [9.17, 15) is 0 Å². The van der Waals surface area contributed by atoms with Crippen molar-refractivity contribution in [2.75, 3.05) is 5.32 Å². The van der Waals surface area contributed by atoms with Crippen LogP contribution in [0.15, 0.2) is 54.6 Å². The zero-order valence-electron chi connectivity index (χ0n) is 11.2. The van der Waals surface area contributed by atoms with Gasteiger partial charge in [-0.15, -0.1) is 0 Å². The maximum Gasteiger partial charge on any atom is 0.171 e. The summed E-state index contributed by atoms with van der Waals surface area (Å²) in [4.78, 5) is 0. The maximum atomic E-state index is 5.32. The molecule has 0 saturated carbocycles. The third kappa shape index (κ3) is 4.07. The first-order chi connectivity index (χ1) is 9.15. The van der Waals surface area contributed by atoms with Gasteiger partial charge in [0.1, 0.15) is 0 Å². The molecule has 2 nitrogen and oxygen atoms in total. The van der Waals surface area contributed by atoms with Gasteiger partial charge in [0.25, 0.3) is 0 Å². The van der Waals surface area contributed by atoms with Crippen molar-refractivity contribution in [3.05, 3.63) is 65.7 Å². The van der Waals surface area contributed by atoms with Crippen molar-refractivity contribution in [2.24, 2.45) is 0 Å². The predicted octanol–water partition coefficient (Wildman–Crippen LogP) is 4.04. The first-order valence-electron chi connectivity index (χ1n) is 6.34. The van der Waals surface area contributed by atoms with E-state index in [4.69, 9.17) is 12.2 Å². The number of benzene rings is 2. The molecule has 1 atom stereocenters. The Labute approximate surface area is 119 Å². The highest BCUT2D eigenvalue weighted by atomic mass is 32.1. The molecule has 0 radical (unpaired) electrons. The van der Waals surface area contributed by atoms with Crippen molar-refractivity contribution in [3.8, 4) is 0 Å². The summed E-state index contributed by atoms with van der Waals surface area (Å²) in [6.45, 7) is 4.19. The number of rotatable bonds is 3. The summed E-state index contributed by atoms with van der Waals surface area (Å²) >= 11 is 5.32. The van der Waals surface area contributed by atoms with Gasteiger partial charge in [-0.2, -0.15) is 0 Å². The Balaban J connectivity index is 1.93. The molecule has 2 aromatic carbocycles. The molecular formula is C16H18N2S. The molecule has 3 heteroatoms. The van der Waals surface area contributed by atoms with Gasteiger partial charge >= 0.3 is 0 Å². The summed E-state index contributed by atoms with van der Waals surface area (Å²) in [6.07, 6.45) is 0. The number of aryl methyl sites for hydroxylation is 1. The van der Waals surface area contributed by atoms with E-state index in [0.29, 0.717) is 5.11 Å². The number of hydrogen-bond acceptors (Lipinski definition) is 1. The average Bonchev–Trinajstić information content (AvgIpc) is 2.40. The summed E-state index contributed by atoms with van der Waals surface area (Å²) < 4.78 is 0. The van der Waals surface area contributed by atoms with E-state index in [0.717, 1.165) is 5.69 Å². The summed E-state index contributed by atoms with van der Waals surface area (Å²) in [5, 5.41) is 7.10. The van der Waals surface area contributed by atoms with E-state index in [-0.39, 0.29) is 6.04 Å². The molecule has 0 unspecified atom stereocenters. The van der Waals surface area contributed by atoms with Crippen LogP contribution in [0.25, 0.3) is 0 Å². The lowest BCUT2D eigenvalue weighted by Crippen LogP contribution is -2.30. The van der Waals surface area contributed by atoms with Crippen LogP contribution in [0.2, 0.25) is 0 Å². The zero-order valence-corrected chi connectivity index (χ0v) is 12.0. The Morgan fingerprint density at radius 3 is 2.26 bits per heavy atom. The van der Waals surface area contributed by atoms with Crippen molar-refractivity contribution in [3.63, 3.8) is 0 Å². The smallest absolute Gasteiger partial charge is 0.171 e. The number of para-hydroxylation sites is 1. The lowest BCUT2D eigenvalue weighted by atomic mass is 10.1. The zero-order chi connectivity index (χ0) is 13.7. The van der Waals surface area contributed by atoms with Crippen LogP contribution in [0.3, 0.4) is 0 Å². The van der Waals surface area contributed by atoms with Crippen molar-refractivity contribution >= 4 is 23.0 Å². The normalized spacial score (nSPS) is 11.7. The largest absolute Gasteiger partial charge is 0.356 e. The molecule has 2 N–H and O–H groups in total. The van der Waals surface area contributed by atoms with E-state index in [1.54, 1.807) is 0 Å². The summed E-state index contributed by atoms with van der Waals surface area (Å²) in [7, 11) is 0. The highest BCUT2D eigenvalue weighted by molar-refractivity contribution is 7.80. The molecule has 0 aromatic heterocycles. The minimum absolute atomic E-state index is 0.185. The molecule has 2 aromatic rings. The molecule has 19 heavy (non-hydrogen) atoms. The fourth-order valence-electron chi connectivity index (χ4n) is 1.82. The first kappa shape index (κ1) is 13.6. The van der Waals surface area contributed by atoms with Gasteiger partial charge in [0.2, 0.25) is 0 Å². The Bertz CT molecular complexity index is 534. The average molecular weight is 270 g/mol. The minimum Gasteiger partial charge on any atom is -0.356 e. The van der Waals surface area contributed by atoms with Crippen molar-refractivity contribution in [1.29, 1.82) is 0 Å². The highest BCUT2D eigenvalue weighted by Gasteiger charge is 2.06. The van der Waals surface area contributed by atoms with Crippen LogP contribution in [0.5, 0.6) is 0 Å². The Morgan fingerprint density at radius 2 is 1.63 bits per heavy atom. The van der Waals surface area contributed by atoms with E-state index in [2.05, 4.69) is 48.7 Å². The van der Waals surface area contributed by atoms with E-state index >= 15 is 0 Å². The highest BCUT2D eigenvalue weighted by Crippen LogP contribution is 2.13. The quantitative estimate of drug-likeness (QED) is 0.823. The van der Waals surface area contributed by atoms with Crippen LogP contribution in [0.4, 0.5) is 5.69 Å². The Morgan fingerprint density at radius 1 is 1.00 bits per heavy atom. The van der Waals surface area contributed by atoms with E-state index < -0.39 is 0 Å². The molecule has 0 aliphatic carbocycles. The third-order valence-corrected chi connectivity index (χ3v) is 3.18. The van der Waals surface area contributed by atoms with Crippen LogP contribution < -0.4 is 10.6 Å². The van der Waals surface area contributed by atoms with Crippen LogP contribution in [0.1, 0.15) is 24.1 Å². The van der Waals surface area contributed by atoms with Gasteiger partial charge in [0, 0.05) is 5.69 Å². The predicted molar refractivity (Wildman–Crippen MR) is 85.4 cm³/mol. The number of thiocarbonyl (C=S) groups is 1. The SMILES string of the molecule is Cc1ccc([C@@H](C)NC(=S)Nc2ccccc2)cc1. The van der Waals surface area contributed by atoms with Gasteiger partial charge in [-0.25, -0.2) is 0 Å². The van der Waals surface area contributed by atoms with Crippen LogP contribution in [-0.4, -0.2) is 5.11 Å². The molecule has 0 heterocycles. The molecule has 0 bridgehead atoms. The van der Waals surface area contributed by atoms with Gasteiger partial charge in [-0.1, -0.05) is 48.0 Å². The van der Waals surface area contributed by atoms with Gasteiger partial charge in [0.15, 0.2) is 5.11 Å². The number of anilines is 1. The second-order valence-electron chi connectivity index (χ2n) is 4.60. The van der Waals surface area contributed by atoms with Gasteiger partial charge in [0.05, 0.1) is 6.04 Å².